The molecule has 0 unspecified atom stereocenters. The largest absolute Gasteiger partial charge is 0.504 e. The van der Waals surface area contributed by atoms with Gasteiger partial charge in [0, 0.05) is 16.8 Å². The Morgan fingerprint density at radius 1 is 1.21 bits per heavy atom. The van der Waals surface area contributed by atoms with Crippen LogP contribution >= 0.6 is 23.2 Å². The van der Waals surface area contributed by atoms with Crippen LogP contribution in [0.25, 0.3) is 0 Å². The highest BCUT2D eigenvalue weighted by Gasteiger charge is 2.05. The van der Waals surface area contributed by atoms with E-state index in [1.54, 1.807) is 36.4 Å². The third-order valence-electron chi connectivity index (χ3n) is 2.50. The summed E-state index contributed by atoms with van der Waals surface area (Å²) in [6.45, 7) is 0. The maximum absolute atomic E-state index is 9.92. The number of ether oxygens (including phenoxy) is 1. The topological polar surface area (TPSA) is 41.8 Å². The van der Waals surface area contributed by atoms with Crippen molar-refractivity contribution in [2.45, 2.75) is 0 Å². The average Bonchev–Trinajstić information content (AvgIpc) is 2.41. The highest BCUT2D eigenvalue weighted by atomic mass is 35.5. The van der Waals surface area contributed by atoms with Gasteiger partial charge in [0.1, 0.15) is 0 Å². The average molecular weight is 296 g/mol. The Balaban J connectivity index is 2.35. The van der Waals surface area contributed by atoms with Crippen LogP contribution < -0.4 is 4.74 Å². The lowest BCUT2D eigenvalue weighted by molar-refractivity contribution is 0.373. The van der Waals surface area contributed by atoms with Gasteiger partial charge in [-0.05, 0) is 30.3 Å². The number of phenolic OH excluding ortho intramolecular Hbond substituents is 1. The van der Waals surface area contributed by atoms with Gasteiger partial charge in [-0.1, -0.05) is 29.3 Å². The lowest BCUT2D eigenvalue weighted by Gasteiger charge is -2.05. The fourth-order valence-corrected chi connectivity index (χ4v) is 1.86. The zero-order chi connectivity index (χ0) is 13.8. The Labute approximate surface area is 121 Å². The summed E-state index contributed by atoms with van der Waals surface area (Å²) in [7, 11) is 1.49. The number of aliphatic imine (C=N–C) groups is 1. The van der Waals surface area contributed by atoms with Crippen LogP contribution in [0.3, 0.4) is 0 Å². The highest BCUT2D eigenvalue weighted by molar-refractivity contribution is 6.35. The molecular weight excluding hydrogens is 285 g/mol. The quantitative estimate of drug-likeness (QED) is 0.850. The first-order valence-electron chi connectivity index (χ1n) is 5.47. The third kappa shape index (κ3) is 3.19. The molecule has 0 saturated carbocycles. The van der Waals surface area contributed by atoms with Gasteiger partial charge in [-0.2, -0.15) is 0 Å². The van der Waals surface area contributed by atoms with E-state index in [1.165, 1.54) is 13.3 Å². The monoisotopic (exact) mass is 295 g/mol. The van der Waals surface area contributed by atoms with Crippen LogP contribution in [0.4, 0.5) is 5.69 Å². The van der Waals surface area contributed by atoms with E-state index in [1.807, 2.05) is 0 Å². The standard InChI is InChI=1S/C14H11Cl2NO2/c1-19-13-4-2-3-9(14(13)18)8-17-12-7-10(15)5-6-11(12)16/h2-8,18H,1H3. The highest BCUT2D eigenvalue weighted by Crippen LogP contribution is 2.30. The summed E-state index contributed by atoms with van der Waals surface area (Å²) in [5.74, 6) is 0.424. The summed E-state index contributed by atoms with van der Waals surface area (Å²) >= 11 is 11.9. The molecule has 2 aromatic carbocycles. The number of nitrogens with zero attached hydrogens (tertiary/aromatic N) is 1. The van der Waals surface area contributed by atoms with Crippen molar-refractivity contribution in [3.05, 3.63) is 52.0 Å². The van der Waals surface area contributed by atoms with Crippen molar-refractivity contribution in [2.24, 2.45) is 4.99 Å². The van der Waals surface area contributed by atoms with Crippen LogP contribution in [0.5, 0.6) is 11.5 Å². The Kier molecular flexibility index (Phi) is 4.30. The summed E-state index contributed by atoms with van der Waals surface area (Å²) in [5, 5.41) is 11.0. The minimum Gasteiger partial charge on any atom is -0.504 e. The molecule has 0 atom stereocenters. The zero-order valence-electron chi connectivity index (χ0n) is 10.1. The van der Waals surface area contributed by atoms with Crippen molar-refractivity contribution in [1.29, 1.82) is 0 Å². The van der Waals surface area contributed by atoms with Crippen molar-refractivity contribution < 1.29 is 9.84 Å². The Bertz CT molecular complexity index is 627. The number of hydrogen-bond donors (Lipinski definition) is 1. The minimum absolute atomic E-state index is 0.0342. The number of benzene rings is 2. The number of aromatic hydroxyl groups is 1. The van der Waals surface area contributed by atoms with Gasteiger partial charge in [0.15, 0.2) is 11.5 Å². The van der Waals surface area contributed by atoms with Crippen LogP contribution in [0.15, 0.2) is 41.4 Å². The van der Waals surface area contributed by atoms with Gasteiger partial charge in [-0.25, -0.2) is 0 Å². The summed E-state index contributed by atoms with van der Waals surface area (Å²) in [5.41, 5.74) is 1.08. The molecule has 0 amide bonds. The third-order valence-corrected chi connectivity index (χ3v) is 3.06. The van der Waals surface area contributed by atoms with Gasteiger partial charge in [-0.3, -0.25) is 4.99 Å². The smallest absolute Gasteiger partial charge is 0.166 e. The van der Waals surface area contributed by atoms with Crippen LogP contribution in [-0.4, -0.2) is 18.4 Å². The van der Waals surface area contributed by atoms with E-state index >= 15 is 0 Å². The molecule has 0 fully saturated rings. The molecule has 19 heavy (non-hydrogen) atoms. The Morgan fingerprint density at radius 2 is 2.00 bits per heavy atom. The Hall–Kier alpha value is -1.71. The number of hydrogen-bond acceptors (Lipinski definition) is 3. The maximum Gasteiger partial charge on any atom is 0.166 e. The second-order valence-corrected chi connectivity index (χ2v) is 4.60. The van der Waals surface area contributed by atoms with E-state index in [-0.39, 0.29) is 5.75 Å². The van der Waals surface area contributed by atoms with Gasteiger partial charge in [0.2, 0.25) is 0 Å². The molecule has 1 N–H and O–H groups in total. The fraction of sp³-hybridized carbons (Fsp3) is 0.0714. The molecule has 0 spiro atoms. The van der Waals surface area contributed by atoms with Gasteiger partial charge in [0.05, 0.1) is 17.8 Å². The lowest BCUT2D eigenvalue weighted by Crippen LogP contribution is -1.88. The normalized spacial score (nSPS) is 10.9. The molecule has 0 aliphatic carbocycles. The van der Waals surface area contributed by atoms with Gasteiger partial charge >= 0.3 is 0 Å². The van der Waals surface area contributed by atoms with Crippen molar-refractivity contribution in [3.8, 4) is 11.5 Å². The molecule has 0 bridgehead atoms. The minimum atomic E-state index is 0.0342. The first kappa shape index (κ1) is 13.7. The van der Waals surface area contributed by atoms with Gasteiger partial charge < -0.3 is 9.84 Å². The maximum atomic E-state index is 9.92. The molecule has 3 nitrogen and oxygen atoms in total. The molecular formula is C14H11Cl2NO2. The lowest BCUT2D eigenvalue weighted by atomic mass is 10.2. The van der Waals surface area contributed by atoms with Crippen molar-refractivity contribution in [2.75, 3.05) is 7.11 Å². The summed E-state index contributed by atoms with van der Waals surface area (Å²) in [4.78, 5) is 4.22. The van der Waals surface area contributed by atoms with E-state index in [0.29, 0.717) is 27.0 Å². The SMILES string of the molecule is COc1cccc(C=Nc2cc(Cl)ccc2Cl)c1O. The predicted molar refractivity (Wildman–Crippen MR) is 78.4 cm³/mol. The van der Waals surface area contributed by atoms with Gasteiger partial charge in [-0.15, -0.1) is 0 Å². The molecule has 0 heterocycles. The number of para-hydroxylation sites is 1. The van der Waals surface area contributed by atoms with E-state index in [4.69, 9.17) is 27.9 Å². The molecule has 98 valence electrons. The second kappa shape index (κ2) is 5.95. The van der Waals surface area contributed by atoms with Crippen molar-refractivity contribution in [3.63, 3.8) is 0 Å². The fourth-order valence-electron chi connectivity index (χ4n) is 1.53. The molecule has 0 radical (unpaired) electrons. The summed E-state index contributed by atoms with van der Waals surface area (Å²) in [6, 6.07) is 10.2. The van der Waals surface area contributed by atoms with Crippen LogP contribution in [-0.2, 0) is 0 Å². The molecule has 0 aliphatic rings. The summed E-state index contributed by atoms with van der Waals surface area (Å²) < 4.78 is 5.02. The van der Waals surface area contributed by atoms with Gasteiger partial charge in [0.25, 0.3) is 0 Å². The first-order valence-corrected chi connectivity index (χ1v) is 6.22. The Morgan fingerprint density at radius 3 is 2.74 bits per heavy atom. The zero-order valence-corrected chi connectivity index (χ0v) is 11.6. The summed E-state index contributed by atoms with van der Waals surface area (Å²) in [6.07, 6.45) is 1.51. The molecule has 2 aromatic rings. The van der Waals surface area contributed by atoms with E-state index in [2.05, 4.69) is 4.99 Å². The molecule has 2 rings (SSSR count). The molecule has 5 heteroatoms. The van der Waals surface area contributed by atoms with Crippen molar-refractivity contribution >= 4 is 35.1 Å². The van der Waals surface area contributed by atoms with E-state index in [9.17, 15) is 5.11 Å². The van der Waals surface area contributed by atoms with Crippen molar-refractivity contribution in [1.82, 2.24) is 0 Å². The number of rotatable bonds is 3. The molecule has 0 aromatic heterocycles. The number of halogens is 2. The van der Waals surface area contributed by atoms with Crippen LogP contribution in [0, 0.1) is 0 Å². The van der Waals surface area contributed by atoms with Crippen LogP contribution in [0.2, 0.25) is 10.0 Å². The molecule has 0 aliphatic heterocycles. The first-order chi connectivity index (χ1) is 9.11. The number of phenols is 1. The predicted octanol–water partition coefficient (Wildman–Crippen LogP) is 4.46. The number of methoxy groups -OCH3 is 1. The molecule has 0 saturated heterocycles. The van der Waals surface area contributed by atoms with Crippen LogP contribution in [0.1, 0.15) is 5.56 Å². The van der Waals surface area contributed by atoms with E-state index < -0.39 is 0 Å². The second-order valence-electron chi connectivity index (χ2n) is 3.75. The van der Waals surface area contributed by atoms with E-state index in [0.717, 1.165) is 0 Å².